The maximum Gasteiger partial charge on any atom is 0.335 e. The molecule has 0 saturated heterocycles. The fraction of sp³-hybridized carbons (Fsp3) is 0.174. The van der Waals surface area contributed by atoms with E-state index in [2.05, 4.69) is 40.3 Å². The summed E-state index contributed by atoms with van der Waals surface area (Å²) in [5.74, 6) is 0.373. The second-order valence-corrected chi connectivity index (χ2v) is 7.46. The number of halogens is 1. The lowest BCUT2D eigenvalue weighted by molar-refractivity contribution is 0.0697. The Bertz CT molecular complexity index is 985. The third-order valence-corrected chi connectivity index (χ3v) is 5.20. The predicted molar refractivity (Wildman–Crippen MR) is 117 cm³/mol. The zero-order valence-electron chi connectivity index (χ0n) is 16.2. The molecule has 0 atom stereocenters. The molecular weight excluding hydrogens is 434 g/mol. The SMILES string of the molecule is COc1cc(CNc2ccc(C(=O)O)cc2)c(Br)cc1OCc1ccc(C)cc1. The molecule has 150 valence electrons. The van der Waals surface area contributed by atoms with Crippen LogP contribution in [-0.4, -0.2) is 18.2 Å². The van der Waals surface area contributed by atoms with Gasteiger partial charge >= 0.3 is 5.97 Å². The highest BCUT2D eigenvalue weighted by molar-refractivity contribution is 9.10. The fourth-order valence-electron chi connectivity index (χ4n) is 2.76. The van der Waals surface area contributed by atoms with Crippen LogP contribution in [0.1, 0.15) is 27.0 Å². The van der Waals surface area contributed by atoms with Crippen LogP contribution in [0.15, 0.2) is 65.1 Å². The number of aromatic carboxylic acids is 1. The Hall–Kier alpha value is -2.99. The number of benzene rings is 3. The number of carbonyl (C=O) groups is 1. The van der Waals surface area contributed by atoms with E-state index < -0.39 is 5.97 Å². The number of hydrogen-bond donors (Lipinski definition) is 2. The molecule has 3 rings (SSSR count). The van der Waals surface area contributed by atoms with Crippen molar-refractivity contribution in [3.63, 3.8) is 0 Å². The molecule has 5 nitrogen and oxygen atoms in total. The first-order valence-corrected chi connectivity index (χ1v) is 9.87. The van der Waals surface area contributed by atoms with Crippen molar-refractivity contribution in [3.05, 3.63) is 87.4 Å². The molecule has 0 saturated carbocycles. The van der Waals surface area contributed by atoms with E-state index >= 15 is 0 Å². The average molecular weight is 456 g/mol. The molecule has 0 aliphatic carbocycles. The van der Waals surface area contributed by atoms with Gasteiger partial charge in [0, 0.05) is 16.7 Å². The predicted octanol–water partition coefficient (Wildman–Crippen LogP) is 5.66. The van der Waals surface area contributed by atoms with E-state index in [0.29, 0.717) is 24.7 Å². The van der Waals surface area contributed by atoms with E-state index in [0.717, 1.165) is 21.3 Å². The number of hydrogen-bond acceptors (Lipinski definition) is 4. The van der Waals surface area contributed by atoms with Crippen LogP contribution >= 0.6 is 15.9 Å². The Morgan fingerprint density at radius 3 is 2.34 bits per heavy atom. The van der Waals surface area contributed by atoms with Gasteiger partial charge in [-0.15, -0.1) is 0 Å². The number of methoxy groups -OCH3 is 1. The molecule has 0 aromatic heterocycles. The van der Waals surface area contributed by atoms with Crippen molar-refractivity contribution in [1.29, 1.82) is 0 Å². The summed E-state index contributed by atoms with van der Waals surface area (Å²) in [7, 11) is 1.61. The van der Waals surface area contributed by atoms with Crippen molar-refractivity contribution in [1.82, 2.24) is 0 Å². The first-order chi connectivity index (χ1) is 14.0. The standard InChI is InChI=1S/C23H22BrNO4/c1-15-3-5-16(6-4-15)14-29-22-12-20(24)18(11-21(22)28-2)13-25-19-9-7-17(8-10-19)23(26)27/h3-12,25H,13-14H2,1-2H3,(H,26,27). The van der Waals surface area contributed by atoms with Crippen molar-refractivity contribution < 1.29 is 19.4 Å². The number of carboxylic acids is 1. The maximum absolute atomic E-state index is 10.9. The number of aryl methyl sites for hydroxylation is 1. The summed E-state index contributed by atoms with van der Waals surface area (Å²) in [4.78, 5) is 10.9. The van der Waals surface area contributed by atoms with E-state index in [1.54, 1.807) is 31.4 Å². The van der Waals surface area contributed by atoms with Gasteiger partial charge < -0.3 is 19.9 Å². The van der Waals surface area contributed by atoms with Crippen LogP contribution in [-0.2, 0) is 13.2 Å². The van der Waals surface area contributed by atoms with Gasteiger partial charge in [0.15, 0.2) is 11.5 Å². The van der Waals surface area contributed by atoms with Gasteiger partial charge in [0.2, 0.25) is 0 Å². The number of anilines is 1. The molecule has 0 aliphatic heterocycles. The Kier molecular flexibility index (Phi) is 6.77. The smallest absolute Gasteiger partial charge is 0.335 e. The molecule has 3 aromatic rings. The van der Waals surface area contributed by atoms with Gasteiger partial charge in [0.1, 0.15) is 6.61 Å². The molecule has 0 bridgehead atoms. The molecule has 6 heteroatoms. The molecule has 0 heterocycles. The van der Waals surface area contributed by atoms with Crippen LogP contribution in [0.25, 0.3) is 0 Å². The number of carboxylic acid groups (broad SMARTS) is 1. The van der Waals surface area contributed by atoms with Gasteiger partial charge in [-0.05, 0) is 54.4 Å². The molecule has 0 spiro atoms. The highest BCUT2D eigenvalue weighted by Crippen LogP contribution is 2.34. The van der Waals surface area contributed by atoms with Gasteiger partial charge in [-0.25, -0.2) is 4.79 Å². The summed E-state index contributed by atoms with van der Waals surface area (Å²) in [6.45, 7) is 3.05. The summed E-state index contributed by atoms with van der Waals surface area (Å²) in [6, 6.07) is 18.7. The van der Waals surface area contributed by atoms with Gasteiger partial charge in [-0.3, -0.25) is 0 Å². The summed E-state index contributed by atoms with van der Waals surface area (Å²) < 4.78 is 12.4. The minimum absolute atomic E-state index is 0.258. The largest absolute Gasteiger partial charge is 0.493 e. The molecule has 0 unspecified atom stereocenters. The molecule has 0 radical (unpaired) electrons. The Morgan fingerprint density at radius 1 is 1.03 bits per heavy atom. The van der Waals surface area contributed by atoms with Gasteiger partial charge in [0.05, 0.1) is 12.7 Å². The van der Waals surface area contributed by atoms with Crippen molar-refractivity contribution >= 4 is 27.6 Å². The third kappa shape index (κ3) is 5.51. The summed E-state index contributed by atoms with van der Waals surface area (Å²) in [5, 5.41) is 12.3. The Morgan fingerprint density at radius 2 is 1.72 bits per heavy atom. The second-order valence-electron chi connectivity index (χ2n) is 6.60. The first kappa shape index (κ1) is 20.7. The number of nitrogens with one attached hydrogen (secondary N) is 1. The quantitative estimate of drug-likeness (QED) is 0.458. The van der Waals surface area contributed by atoms with Crippen molar-refractivity contribution in [3.8, 4) is 11.5 Å². The van der Waals surface area contributed by atoms with E-state index in [9.17, 15) is 4.79 Å². The lowest BCUT2D eigenvalue weighted by atomic mass is 10.1. The fourth-order valence-corrected chi connectivity index (χ4v) is 3.22. The van der Waals surface area contributed by atoms with Crippen LogP contribution in [0.4, 0.5) is 5.69 Å². The monoisotopic (exact) mass is 455 g/mol. The van der Waals surface area contributed by atoms with E-state index in [1.807, 2.05) is 24.3 Å². The third-order valence-electron chi connectivity index (χ3n) is 4.46. The zero-order valence-corrected chi connectivity index (χ0v) is 17.8. The maximum atomic E-state index is 10.9. The lowest BCUT2D eigenvalue weighted by Crippen LogP contribution is -2.03. The Labute approximate surface area is 178 Å². The average Bonchev–Trinajstić information content (AvgIpc) is 2.73. The number of ether oxygens (including phenoxy) is 2. The minimum atomic E-state index is -0.940. The van der Waals surface area contributed by atoms with Crippen LogP contribution in [0, 0.1) is 6.92 Å². The molecule has 0 amide bonds. The first-order valence-electron chi connectivity index (χ1n) is 9.08. The van der Waals surface area contributed by atoms with E-state index in [1.165, 1.54) is 5.56 Å². The summed E-state index contributed by atoms with van der Waals surface area (Å²) in [6.07, 6.45) is 0. The highest BCUT2D eigenvalue weighted by atomic mass is 79.9. The van der Waals surface area contributed by atoms with E-state index in [-0.39, 0.29) is 5.56 Å². The van der Waals surface area contributed by atoms with Gasteiger partial charge in [0.25, 0.3) is 0 Å². The molecule has 0 fully saturated rings. The second kappa shape index (κ2) is 9.47. The van der Waals surface area contributed by atoms with Crippen molar-refractivity contribution in [2.75, 3.05) is 12.4 Å². The van der Waals surface area contributed by atoms with Crippen LogP contribution in [0.3, 0.4) is 0 Å². The zero-order chi connectivity index (χ0) is 20.8. The highest BCUT2D eigenvalue weighted by Gasteiger charge is 2.11. The van der Waals surface area contributed by atoms with Crippen LogP contribution in [0.5, 0.6) is 11.5 Å². The van der Waals surface area contributed by atoms with E-state index in [4.69, 9.17) is 14.6 Å². The van der Waals surface area contributed by atoms with Crippen molar-refractivity contribution in [2.45, 2.75) is 20.1 Å². The molecule has 3 aromatic carbocycles. The summed E-state index contributed by atoms with van der Waals surface area (Å²) in [5.41, 5.74) is 4.38. The minimum Gasteiger partial charge on any atom is -0.493 e. The van der Waals surface area contributed by atoms with Gasteiger partial charge in [-0.2, -0.15) is 0 Å². The molecule has 0 aliphatic rings. The molecule has 29 heavy (non-hydrogen) atoms. The molecule has 2 N–H and O–H groups in total. The summed E-state index contributed by atoms with van der Waals surface area (Å²) >= 11 is 3.60. The Balaban J connectivity index is 1.68. The van der Waals surface area contributed by atoms with Crippen LogP contribution in [0.2, 0.25) is 0 Å². The van der Waals surface area contributed by atoms with Gasteiger partial charge in [-0.1, -0.05) is 45.8 Å². The van der Waals surface area contributed by atoms with Crippen LogP contribution < -0.4 is 14.8 Å². The topological polar surface area (TPSA) is 67.8 Å². The normalized spacial score (nSPS) is 10.4. The number of rotatable bonds is 8. The van der Waals surface area contributed by atoms with Crippen molar-refractivity contribution in [2.24, 2.45) is 0 Å². The molecular formula is C23H22BrNO4. The lowest BCUT2D eigenvalue weighted by Gasteiger charge is -2.15.